The molecule has 1 unspecified atom stereocenters. The van der Waals surface area contributed by atoms with Crippen LogP contribution in [-0.2, 0) is 25.5 Å². The molecular weight excluding hydrogens is 571 g/mol. The van der Waals surface area contributed by atoms with E-state index in [9.17, 15) is 14.7 Å². The number of rotatable bonds is 9. The van der Waals surface area contributed by atoms with E-state index in [4.69, 9.17) is 0 Å². The van der Waals surface area contributed by atoms with Crippen molar-refractivity contribution in [3.05, 3.63) is 110 Å². The van der Waals surface area contributed by atoms with Crippen LogP contribution in [0.2, 0.25) is 0 Å². The van der Waals surface area contributed by atoms with Gasteiger partial charge in [-0.2, -0.15) is 9.78 Å². The molecule has 0 amide bonds. The Kier molecular flexibility index (Phi) is 8.99. The number of pyridine rings is 2. The third-order valence-electron chi connectivity index (χ3n) is 7.92. The topological polar surface area (TPSA) is 114 Å². The third-order valence-corrected chi connectivity index (χ3v) is 7.92. The maximum atomic E-state index is 15.3. The molecule has 45 heavy (non-hydrogen) atoms. The molecule has 10 heteroatoms. The van der Waals surface area contributed by atoms with E-state index in [0.29, 0.717) is 45.3 Å². The smallest absolute Gasteiger partial charge is 0.282 e. The Morgan fingerprint density at radius 3 is 2.49 bits per heavy atom. The van der Waals surface area contributed by atoms with Crippen molar-refractivity contribution in [1.29, 1.82) is 0 Å². The molecule has 1 atom stereocenters. The number of benzene rings is 2. The second kappa shape index (κ2) is 12.7. The van der Waals surface area contributed by atoms with Crippen LogP contribution in [0.3, 0.4) is 0 Å². The van der Waals surface area contributed by atoms with Crippen LogP contribution in [0, 0.1) is 5.82 Å². The van der Waals surface area contributed by atoms with Crippen molar-refractivity contribution < 1.29 is 9.50 Å². The number of aliphatic hydroxyl groups is 1. The molecule has 2 aromatic carbocycles. The van der Waals surface area contributed by atoms with Crippen LogP contribution in [0.5, 0.6) is 0 Å². The van der Waals surface area contributed by atoms with Gasteiger partial charge in [0.15, 0.2) is 0 Å². The number of halogens is 1. The molecule has 0 saturated carbocycles. The zero-order valence-electron chi connectivity index (χ0n) is 26.5. The second-order valence-corrected chi connectivity index (χ2v) is 12.4. The van der Waals surface area contributed by atoms with E-state index in [1.165, 1.54) is 16.8 Å². The summed E-state index contributed by atoms with van der Waals surface area (Å²) in [6.07, 6.45) is 5.75. The number of nitrogens with zero attached hydrogens (tertiary/aromatic N) is 4. The van der Waals surface area contributed by atoms with Crippen molar-refractivity contribution in [2.24, 2.45) is 7.05 Å². The maximum Gasteiger partial charge on any atom is 0.282 e. The largest absolute Gasteiger partial charge is 0.392 e. The lowest BCUT2D eigenvalue weighted by Gasteiger charge is -2.20. The second-order valence-electron chi connectivity index (χ2n) is 12.4. The van der Waals surface area contributed by atoms with Crippen molar-refractivity contribution in [1.82, 2.24) is 24.6 Å². The molecule has 3 heterocycles. The predicted molar refractivity (Wildman–Crippen MR) is 177 cm³/mol. The van der Waals surface area contributed by atoms with Crippen LogP contribution in [-0.4, -0.2) is 37.0 Å². The van der Waals surface area contributed by atoms with Gasteiger partial charge in [-0.1, -0.05) is 45.9 Å². The van der Waals surface area contributed by atoms with Gasteiger partial charge in [0.25, 0.3) is 11.1 Å². The minimum Gasteiger partial charge on any atom is -0.392 e. The number of nitrogens with one attached hydrogen (secondary N) is 2. The van der Waals surface area contributed by atoms with Crippen LogP contribution in [0.1, 0.15) is 51.3 Å². The van der Waals surface area contributed by atoms with E-state index in [-0.39, 0.29) is 16.4 Å². The number of aliphatic hydroxyl groups excluding tert-OH is 1. The fraction of sp³-hybridized carbons (Fsp3) is 0.314. The summed E-state index contributed by atoms with van der Waals surface area (Å²) in [4.78, 5) is 31.2. The summed E-state index contributed by atoms with van der Waals surface area (Å²) in [5, 5.41) is 21.8. The number of likely N-dealkylation sites (N-methyl/N-ethyl adjacent to an activating group) is 1. The van der Waals surface area contributed by atoms with Gasteiger partial charge in [-0.15, -0.1) is 0 Å². The molecule has 3 aromatic heterocycles. The highest BCUT2D eigenvalue weighted by Crippen LogP contribution is 2.31. The number of fused-ring (bicyclic) bond motifs is 1. The van der Waals surface area contributed by atoms with Crippen LogP contribution in [0.4, 0.5) is 15.9 Å². The Morgan fingerprint density at radius 2 is 1.82 bits per heavy atom. The number of aryl methyl sites for hydroxylation is 1. The van der Waals surface area contributed by atoms with Crippen molar-refractivity contribution in [2.45, 2.75) is 59.1 Å². The highest BCUT2D eigenvalue weighted by atomic mass is 19.1. The molecule has 0 aliphatic carbocycles. The van der Waals surface area contributed by atoms with Crippen molar-refractivity contribution in [2.75, 3.05) is 11.9 Å². The summed E-state index contributed by atoms with van der Waals surface area (Å²) in [5.41, 5.74) is 2.86. The highest BCUT2D eigenvalue weighted by Gasteiger charge is 2.21. The zero-order chi connectivity index (χ0) is 32.5. The first-order valence-electron chi connectivity index (χ1n) is 15.0. The first-order chi connectivity index (χ1) is 21.4. The van der Waals surface area contributed by atoms with Gasteiger partial charge in [0.1, 0.15) is 17.3 Å². The minimum atomic E-state index is -0.630. The van der Waals surface area contributed by atoms with E-state index in [2.05, 4.69) is 34.6 Å². The maximum absolute atomic E-state index is 15.3. The van der Waals surface area contributed by atoms with Crippen molar-refractivity contribution in [3.8, 4) is 16.8 Å². The Labute approximate surface area is 261 Å². The molecule has 0 aliphatic heterocycles. The van der Waals surface area contributed by atoms with Gasteiger partial charge in [0.05, 0.1) is 23.9 Å². The normalized spacial score (nSPS) is 12.4. The lowest BCUT2D eigenvalue weighted by atomic mass is 9.86. The summed E-state index contributed by atoms with van der Waals surface area (Å²) < 4.78 is 17.9. The van der Waals surface area contributed by atoms with Crippen LogP contribution >= 0.6 is 0 Å². The molecule has 9 nitrogen and oxygen atoms in total. The van der Waals surface area contributed by atoms with Gasteiger partial charge in [-0.05, 0) is 72.3 Å². The van der Waals surface area contributed by atoms with E-state index < -0.39 is 18.0 Å². The first-order valence-corrected chi connectivity index (χ1v) is 15.0. The molecule has 5 aromatic rings. The number of anilines is 2. The SMILES string of the molecule is CCNC(C)Cc1ccc(Nc2cc(-c3cccc(-n4ncc5cc(C(C)(C)C)cc(F)c5c4=O)c3CO)cn(C)c2=O)nc1. The molecule has 0 spiro atoms. The van der Waals surface area contributed by atoms with E-state index in [0.717, 1.165) is 28.8 Å². The summed E-state index contributed by atoms with van der Waals surface area (Å²) in [6.45, 7) is 10.6. The van der Waals surface area contributed by atoms with Gasteiger partial charge in [0.2, 0.25) is 0 Å². The molecule has 5 rings (SSSR count). The molecule has 0 aliphatic rings. The molecule has 0 saturated heterocycles. The predicted octanol–water partition coefficient (Wildman–Crippen LogP) is 5.36. The first kappa shape index (κ1) is 31.7. The van der Waals surface area contributed by atoms with Gasteiger partial charge in [-0.25, -0.2) is 9.37 Å². The Morgan fingerprint density at radius 1 is 1.04 bits per heavy atom. The average molecular weight is 611 g/mol. The van der Waals surface area contributed by atoms with E-state index in [1.54, 1.807) is 49.8 Å². The third kappa shape index (κ3) is 6.57. The number of hydrogen-bond acceptors (Lipinski definition) is 7. The van der Waals surface area contributed by atoms with Crippen LogP contribution in [0.15, 0.2) is 76.7 Å². The van der Waals surface area contributed by atoms with E-state index in [1.807, 2.05) is 32.9 Å². The van der Waals surface area contributed by atoms with Gasteiger partial charge in [-0.3, -0.25) is 9.59 Å². The minimum absolute atomic E-state index is 0.0736. The Hall–Kier alpha value is -4.67. The standard InChI is InChI=1S/C35H39FN6O3/c1-7-37-21(2)13-22-11-12-31(38-17-22)40-29-15-24(19-41(6)33(29)44)26-9-8-10-30(27(26)20-43)42-34(45)32-23(18-39-42)14-25(16-28(32)36)35(3,4)5/h8-12,14-19,21,37,43H,7,13,20H2,1-6H3,(H,38,40). The summed E-state index contributed by atoms with van der Waals surface area (Å²) in [5.74, 6) is -0.105. The molecule has 0 fully saturated rings. The molecular formula is C35H39FN6O3. The molecule has 0 bridgehead atoms. The number of aromatic nitrogens is 4. The summed E-state index contributed by atoms with van der Waals surface area (Å²) >= 11 is 0. The summed E-state index contributed by atoms with van der Waals surface area (Å²) in [7, 11) is 1.64. The van der Waals surface area contributed by atoms with Crippen molar-refractivity contribution >= 4 is 22.3 Å². The van der Waals surface area contributed by atoms with Gasteiger partial charge in [0, 0.05) is 42.0 Å². The Balaban J connectivity index is 1.54. The molecule has 0 radical (unpaired) electrons. The zero-order valence-corrected chi connectivity index (χ0v) is 26.5. The lowest BCUT2D eigenvalue weighted by molar-refractivity contribution is 0.282. The van der Waals surface area contributed by atoms with Crippen LogP contribution in [0.25, 0.3) is 27.6 Å². The highest BCUT2D eigenvalue weighted by molar-refractivity contribution is 5.83. The quantitative estimate of drug-likeness (QED) is 0.206. The molecule has 234 valence electrons. The monoisotopic (exact) mass is 610 g/mol. The average Bonchev–Trinajstić information content (AvgIpc) is 2.99. The number of hydrogen-bond donors (Lipinski definition) is 3. The van der Waals surface area contributed by atoms with Crippen LogP contribution < -0.4 is 21.8 Å². The van der Waals surface area contributed by atoms with Crippen molar-refractivity contribution in [3.63, 3.8) is 0 Å². The summed E-state index contributed by atoms with van der Waals surface area (Å²) in [6, 6.07) is 14.2. The van der Waals surface area contributed by atoms with E-state index >= 15 is 4.39 Å². The lowest BCUT2D eigenvalue weighted by Crippen LogP contribution is -2.27. The van der Waals surface area contributed by atoms with Gasteiger partial charge >= 0.3 is 0 Å². The Bertz CT molecular complexity index is 1980. The fourth-order valence-electron chi connectivity index (χ4n) is 5.53. The molecule has 3 N–H and O–H groups in total. The van der Waals surface area contributed by atoms with Gasteiger partial charge < -0.3 is 20.3 Å². The fourth-order valence-corrected chi connectivity index (χ4v) is 5.53.